The van der Waals surface area contributed by atoms with Gasteiger partial charge in [-0.25, -0.2) is 4.79 Å². The largest absolute Gasteiger partial charge is 0.494 e. The number of amides is 1. The van der Waals surface area contributed by atoms with E-state index in [0.29, 0.717) is 46.7 Å². The highest BCUT2D eigenvalue weighted by atomic mass is 16.5. The van der Waals surface area contributed by atoms with Gasteiger partial charge in [0.25, 0.3) is 5.91 Å². The second-order valence-electron chi connectivity index (χ2n) is 9.72. The van der Waals surface area contributed by atoms with Crippen molar-refractivity contribution in [1.29, 1.82) is 0 Å². The quantitative estimate of drug-likeness (QED) is 0.192. The summed E-state index contributed by atoms with van der Waals surface area (Å²) < 4.78 is 17.0. The molecule has 5 rings (SSSR count). The van der Waals surface area contributed by atoms with Gasteiger partial charge in [0.1, 0.15) is 11.3 Å². The number of ether oxygens (including phenoxy) is 2. The van der Waals surface area contributed by atoms with E-state index in [-0.39, 0.29) is 11.2 Å². The van der Waals surface area contributed by atoms with Gasteiger partial charge in [0.2, 0.25) is 5.76 Å². The Morgan fingerprint density at radius 3 is 2.31 bits per heavy atom. The Morgan fingerprint density at radius 1 is 0.949 bits per heavy atom. The molecule has 1 amide bonds. The Kier molecular flexibility index (Phi) is 7.24. The number of carbonyl (C=O) groups is 2. The van der Waals surface area contributed by atoms with Gasteiger partial charge in [-0.3, -0.25) is 14.5 Å². The minimum absolute atomic E-state index is 0.0256. The first kappa shape index (κ1) is 26.2. The van der Waals surface area contributed by atoms with E-state index in [0.717, 1.165) is 29.5 Å². The van der Waals surface area contributed by atoms with Gasteiger partial charge in [0, 0.05) is 5.69 Å². The van der Waals surface area contributed by atoms with Gasteiger partial charge in [-0.1, -0.05) is 25.5 Å². The number of anilines is 1. The smallest absolute Gasteiger partial charge is 0.338 e. The van der Waals surface area contributed by atoms with E-state index in [1.807, 2.05) is 58.0 Å². The van der Waals surface area contributed by atoms with Crippen LogP contribution < -0.4 is 15.1 Å². The molecule has 0 N–H and O–H groups in total. The zero-order valence-corrected chi connectivity index (χ0v) is 22.6. The zero-order chi connectivity index (χ0) is 27.7. The van der Waals surface area contributed by atoms with Crippen molar-refractivity contribution in [2.24, 2.45) is 0 Å². The summed E-state index contributed by atoms with van der Waals surface area (Å²) in [6, 6.07) is 16.9. The highest BCUT2D eigenvalue weighted by molar-refractivity contribution is 6.11. The fourth-order valence-corrected chi connectivity index (χ4v) is 4.87. The van der Waals surface area contributed by atoms with Crippen LogP contribution in [0.25, 0.3) is 11.0 Å². The van der Waals surface area contributed by atoms with Crippen LogP contribution in [0.1, 0.15) is 75.9 Å². The van der Waals surface area contributed by atoms with Crippen molar-refractivity contribution in [2.45, 2.75) is 46.6 Å². The van der Waals surface area contributed by atoms with Crippen LogP contribution in [-0.4, -0.2) is 25.1 Å². The molecule has 7 heteroatoms. The lowest BCUT2D eigenvalue weighted by molar-refractivity contribution is 0.0499. The SMILES string of the molecule is CCCCOC(=O)c1ccc(N2C(=O)c3oc4cc(C)c(C)cc4c(=O)c3C2c2ccc(OCC)cc2)cc1. The fraction of sp³-hybridized carbons (Fsp3) is 0.281. The number of benzene rings is 3. The summed E-state index contributed by atoms with van der Waals surface area (Å²) in [5.41, 5.74) is 4.04. The van der Waals surface area contributed by atoms with Crippen molar-refractivity contribution in [2.75, 3.05) is 18.1 Å². The van der Waals surface area contributed by atoms with Crippen molar-refractivity contribution in [1.82, 2.24) is 0 Å². The first-order valence-electron chi connectivity index (χ1n) is 13.3. The van der Waals surface area contributed by atoms with Crippen molar-refractivity contribution in [3.05, 3.63) is 104 Å². The number of fused-ring (bicyclic) bond motifs is 2. The summed E-state index contributed by atoms with van der Waals surface area (Å²) in [6.45, 7) is 8.70. The van der Waals surface area contributed by atoms with E-state index in [1.54, 1.807) is 35.2 Å². The van der Waals surface area contributed by atoms with Gasteiger partial charge in [-0.2, -0.15) is 0 Å². The molecule has 1 aliphatic heterocycles. The number of unbranched alkanes of at least 4 members (excludes halogenated alkanes) is 1. The van der Waals surface area contributed by atoms with Gasteiger partial charge in [0.15, 0.2) is 5.43 Å². The monoisotopic (exact) mass is 525 g/mol. The molecular weight excluding hydrogens is 494 g/mol. The van der Waals surface area contributed by atoms with Crippen LogP contribution in [-0.2, 0) is 4.74 Å². The van der Waals surface area contributed by atoms with Gasteiger partial charge in [-0.15, -0.1) is 0 Å². The van der Waals surface area contributed by atoms with E-state index in [2.05, 4.69) is 0 Å². The van der Waals surface area contributed by atoms with Crippen LogP contribution in [0.4, 0.5) is 5.69 Å². The van der Waals surface area contributed by atoms with Gasteiger partial charge >= 0.3 is 5.97 Å². The van der Waals surface area contributed by atoms with Gasteiger partial charge in [-0.05, 0) is 92.4 Å². The van der Waals surface area contributed by atoms with Crippen LogP contribution in [0.5, 0.6) is 5.75 Å². The molecule has 0 radical (unpaired) electrons. The number of hydrogen-bond donors (Lipinski definition) is 0. The van der Waals surface area contributed by atoms with E-state index in [4.69, 9.17) is 13.9 Å². The summed E-state index contributed by atoms with van der Waals surface area (Å²) in [6.07, 6.45) is 1.72. The topological polar surface area (TPSA) is 86.0 Å². The first-order chi connectivity index (χ1) is 18.8. The number of rotatable bonds is 8. The van der Waals surface area contributed by atoms with E-state index < -0.39 is 17.9 Å². The van der Waals surface area contributed by atoms with Gasteiger partial charge in [0.05, 0.1) is 35.8 Å². The second kappa shape index (κ2) is 10.8. The number of carbonyl (C=O) groups excluding carboxylic acids is 2. The lowest BCUT2D eigenvalue weighted by Gasteiger charge is -2.25. The molecule has 3 aromatic carbocycles. The number of nitrogens with zero attached hydrogens (tertiary/aromatic N) is 1. The maximum Gasteiger partial charge on any atom is 0.338 e. The molecule has 0 saturated heterocycles. The van der Waals surface area contributed by atoms with Crippen molar-refractivity contribution in [3.63, 3.8) is 0 Å². The molecule has 0 saturated carbocycles. The molecule has 1 atom stereocenters. The molecule has 1 aromatic heterocycles. The van der Waals surface area contributed by atoms with Crippen LogP contribution in [0.15, 0.2) is 69.9 Å². The minimum atomic E-state index is -0.715. The van der Waals surface area contributed by atoms with Crippen LogP contribution in [0.3, 0.4) is 0 Å². The molecule has 7 nitrogen and oxygen atoms in total. The van der Waals surface area contributed by atoms with Crippen LogP contribution >= 0.6 is 0 Å². The van der Waals surface area contributed by atoms with Crippen molar-refractivity contribution < 1.29 is 23.5 Å². The second-order valence-corrected chi connectivity index (χ2v) is 9.72. The Bertz CT molecular complexity index is 1600. The third-order valence-corrected chi connectivity index (χ3v) is 7.11. The average molecular weight is 526 g/mol. The van der Waals surface area contributed by atoms with Gasteiger partial charge < -0.3 is 13.9 Å². The molecule has 0 fully saturated rings. The summed E-state index contributed by atoms with van der Waals surface area (Å²) in [7, 11) is 0. The fourth-order valence-electron chi connectivity index (χ4n) is 4.87. The number of aryl methyl sites for hydroxylation is 2. The molecule has 2 heterocycles. The highest BCUT2D eigenvalue weighted by Gasteiger charge is 2.43. The molecule has 0 bridgehead atoms. The molecule has 0 aliphatic carbocycles. The predicted molar refractivity (Wildman–Crippen MR) is 150 cm³/mol. The maximum absolute atomic E-state index is 13.9. The lowest BCUT2D eigenvalue weighted by Crippen LogP contribution is -2.29. The normalized spacial score (nSPS) is 14.5. The zero-order valence-electron chi connectivity index (χ0n) is 22.6. The minimum Gasteiger partial charge on any atom is -0.494 e. The van der Waals surface area contributed by atoms with E-state index in [9.17, 15) is 14.4 Å². The Balaban J connectivity index is 1.62. The van der Waals surface area contributed by atoms with E-state index >= 15 is 0 Å². The molecule has 4 aromatic rings. The predicted octanol–water partition coefficient (Wildman–Crippen LogP) is 6.52. The average Bonchev–Trinajstić information content (AvgIpc) is 3.23. The molecule has 39 heavy (non-hydrogen) atoms. The Labute approximate surface area is 227 Å². The third-order valence-electron chi connectivity index (χ3n) is 7.11. The molecule has 200 valence electrons. The first-order valence-corrected chi connectivity index (χ1v) is 13.3. The summed E-state index contributed by atoms with van der Waals surface area (Å²) >= 11 is 0. The standard InChI is InChI=1S/C32H31NO6/c1-5-7-16-38-32(36)22-8-12-23(13-9-22)33-28(21-10-14-24(15-11-21)37-6-2)27-29(34)25-17-19(3)20(4)18-26(25)39-30(27)31(33)35/h8-15,17-18,28H,5-7,16H2,1-4H3. The summed E-state index contributed by atoms with van der Waals surface area (Å²) in [4.78, 5) is 41.8. The molecule has 1 unspecified atom stereocenters. The number of esters is 1. The van der Waals surface area contributed by atoms with Crippen LogP contribution in [0.2, 0.25) is 0 Å². The maximum atomic E-state index is 13.9. The van der Waals surface area contributed by atoms with Crippen molar-refractivity contribution >= 4 is 28.5 Å². The van der Waals surface area contributed by atoms with E-state index in [1.165, 1.54) is 0 Å². The highest BCUT2D eigenvalue weighted by Crippen LogP contribution is 2.41. The molecular formula is C32H31NO6. The summed E-state index contributed by atoms with van der Waals surface area (Å²) in [5.74, 6) is -0.111. The summed E-state index contributed by atoms with van der Waals surface area (Å²) in [5, 5.41) is 0.438. The Hall–Kier alpha value is -4.39. The third kappa shape index (κ3) is 4.80. The molecule has 0 spiro atoms. The molecule has 1 aliphatic rings. The van der Waals surface area contributed by atoms with Crippen LogP contribution in [0, 0.1) is 13.8 Å². The lowest BCUT2D eigenvalue weighted by atomic mass is 9.97. The number of hydrogen-bond acceptors (Lipinski definition) is 6. The Morgan fingerprint density at radius 2 is 1.64 bits per heavy atom. The van der Waals surface area contributed by atoms with Crippen molar-refractivity contribution in [3.8, 4) is 5.75 Å².